The number of carboxylic acids is 1. The molecule has 2 aromatic heterocycles. The van der Waals surface area contributed by atoms with Crippen LogP contribution in [0.3, 0.4) is 0 Å². The van der Waals surface area contributed by atoms with Crippen LogP contribution in [0.2, 0.25) is 10.0 Å². The van der Waals surface area contributed by atoms with Crippen LogP contribution in [0.5, 0.6) is 0 Å². The maximum Gasteiger partial charge on any atom is 0.303 e. The number of halogens is 2. The number of aliphatic carboxylic acids is 1. The molecule has 3 aliphatic rings. The fraction of sp³-hybridized carbons (Fsp3) is 0.315. The van der Waals surface area contributed by atoms with Crippen molar-refractivity contribution in [2.24, 2.45) is 5.41 Å². The van der Waals surface area contributed by atoms with Crippen molar-refractivity contribution in [1.29, 1.82) is 0 Å². The second-order valence-electron chi connectivity index (χ2n) is 17.7. The smallest absolute Gasteiger partial charge is 0.303 e. The van der Waals surface area contributed by atoms with E-state index in [2.05, 4.69) is 66.0 Å². The lowest BCUT2D eigenvalue weighted by Crippen LogP contribution is -2.24. The highest BCUT2D eigenvalue weighted by molar-refractivity contribution is 7.99. The third kappa shape index (κ3) is 11.5. The van der Waals surface area contributed by atoms with Gasteiger partial charge in [0, 0.05) is 38.2 Å². The first-order valence-corrected chi connectivity index (χ1v) is 23.9. The molecule has 1 atom stereocenters. The van der Waals surface area contributed by atoms with Crippen molar-refractivity contribution < 1.29 is 15.0 Å². The standard InChI is InChI=1S/C35H36ClNO3S.C19H19ClN2/c1-34(2,40)30-9-4-3-7-25(30)13-17-32(41-23-35(18-19-35)22-33(38)39)27-8-5-6-24(20-27)10-15-29-16-12-26-11-14-28(36)21-31(26)37-29;20-16-5-6-17-15(12-16)4-3-14-2-1-9-22-19(14)18(17)13-7-10-21-11-8-13/h3-12,14-16,20-21,32,40H,13,17-19,22-23H2,1-2H3,(H,38,39);1-2,5-6,9,12,21H,3-4,7-8,10-11H2/b15-10+;/t32-;/m1./s1. The molecule has 324 valence electrons. The van der Waals surface area contributed by atoms with Crippen LogP contribution in [0.4, 0.5) is 0 Å². The lowest BCUT2D eigenvalue weighted by molar-refractivity contribution is -0.138. The number of thioether (sulfide) groups is 1. The van der Waals surface area contributed by atoms with Gasteiger partial charge in [-0.05, 0) is 165 Å². The van der Waals surface area contributed by atoms with E-state index in [0.717, 1.165) is 109 Å². The average Bonchev–Trinajstić information content (AvgIpc) is 4.07. The number of aromatic nitrogens is 2. The van der Waals surface area contributed by atoms with E-state index in [-0.39, 0.29) is 17.1 Å². The number of carbonyl (C=O) groups is 1. The largest absolute Gasteiger partial charge is 0.481 e. The lowest BCUT2D eigenvalue weighted by atomic mass is 9.89. The molecule has 9 rings (SSSR count). The van der Waals surface area contributed by atoms with Crippen molar-refractivity contribution in [2.45, 2.75) is 82.5 Å². The Kier molecular flexibility index (Phi) is 14.2. The topological polar surface area (TPSA) is 95.3 Å². The van der Waals surface area contributed by atoms with Crippen molar-refractivity contribution in [3.63, 3.8) is 0 Å². The highest BCUT2D eigenvalue weighted by Crippen LogP contribution is 2.53. The fourth-order valence-corrected chi connectivity index (χ4v) is 10.9. The molecule has 0 amide bonds. The van der Waals surface area contributed by atoms with Gasteiger partial charge in [0.15, 0.2) is 0 Å². The van der Waals surface area contributed by atoms with Crippen molar-refractivity contribution in [2.75, 3.05) is 18.8 Å². The monoisotopic (exact) mass is 895 g/mol. The first kappa shape index (κ1) is 44.8. The number of hydrogen-bond donors (Lipinski definition) is 3. The number of hydrogen-bond acceptors (Lipinski definition) is 6. The van der Waals surface area contributed by atoms with Gasteiger partial charge < -0.3 is 15.5 Å². The van der Waals surface area contributed by atoms with E-state index in [9.17, 15) is 15.0 Å². The molecule has 9 heteroatoms. The van der Waals surface area contributed by atoms with Crippen molar-refractivity contribution in [3.8, 4) is 0 Å². The Balaban J connectivity index is 0.000000207. The summed E-state index contributed by atoms with van der Waals surface area (Å²) in [7, 11) is 0. The second kappa shape index (κ2) is 20.0. The Labute approximate surface area is 385 Å². The van der Waals surface area contributed by atoms with Crippen LogP contribution in [0, 0.1) is 5.41 Å². The first-order valence-electron chi connectivity index (χ1n) is 22.1. The molecule has 0 bridgehead atoms. The van der Waals surface area contributed by atoms with E-state index in [1.54, 1.807) is 0 Å². The zero-order chi connectivity index (χ0) is 44.0. The van der Waals surface area contributed by atoms with Crippen LogP contribution in [0.15, 0.2) is 121 Å². The van der Waals surface area contributed by atoms with Crippen molar-refractivity contribution >= 4 is 69.6 Å². The number of aryl methyl sites for hydroxylation is 3. The van der Waals surface area contributed by atoms with Gasteiger partial charge in [-0.1, -0.05) is 108 Å². The van der Waals surface area contributed by atoms with Crippen molar-refractivity contribution in [1.82, 2.24) is 15.3 Å². The van der Waals surface area contributed by atoms with E-state index in [1.165, 1.54) is 39.1 Å². The number of pyridine rings is 2. The van der Waals surface area contributed by atoms with Crippen LogP contribution in [-0.2, 0) is 29.7 Å². The summed E-state index contributed by atoms with van der Waals surface area (Å²) >= 11 is 14.3. The van der Waals surface area contributed by atoms with Crippen LogP contribution in [-0.4, -0.2) is 45.0 Å². The zero-order valence-electron chi connectivity index (χ0n) is 36.0. The second-order valence-corrected chi connectivity index (χ2v) is 19.8. The van der Waals surface area contributed by atoms with Gasteiger partial charge in [-0.15, -0.1) is 0 Å². The van der Waals surface area contributed by atoms with Crippen LogP contribution in [0.1, 0.15) is 108 Å². The van der Waals surface area contributed by atoms with Gasteiger partial charge in [-0.25, -0.2) is 4.98 Å². The summed E-state index contributed by atoms with van der Waals surface area (Å²) in [6, 6.07) is 37.1. The third-order valence-corrected chi connectivity index (χ3v) is 14.7. The fourth-order valence-electron chi connectivity index (χ4n) is 8.97. The molecule has 63 heavy (non-hydrogen) atoms. The van der Waals surface area contributed by atoms with Gasteiger partial charge in [-0.3, -0.25) is 9.78 Å². The summed E-state index contributed by atoms with van der Waals surface area (Å²) in [6.45, 7) is 5.78. The summed E-state index contributed by atoms with van der Waals surface area (Å²) in [5.74, 6) is 0.122. The number of rotatable bonds is 12. The molecular weight excluding hydrogens is 842 g/mol. The molecule has 1 saturated carbocycles. The summed E-state index contributed by atoms with van der Waals surface area (Å²) in [5.41, 5.74) is 13.3. The molecule has 6 nitrogen and oxygen atoms in total. The molecule has 1 saturated heterocycles. The zero-order valence-corrected chi connectivity index (χ0v) is 38.4. The quantitative estimate of drug-likeness (QED) is 0.113. The molecule has 4 aromatic carbocycles. The van der Waals surface area contributed by atoms with Gasteiger partial charge in [0.25, 0.3) is 0 Å². The summed E-state index contributed by atoms with van der Waals surface area (Å²) in [4.78, 5) is 21.0. The van der Waals surface area contributed by atoms with Crippen LogP contribution < -0.4 is 5.32 Å². The number of benzene rings is 4. The molecule has 2 fully saturated rings. The summed E-state index contributed by atoms with van der Waals surface area (Å²) in [6.07, 6.45) is 14.2. The van der Waals surface area contributed by atoms with Gasteiger partial charge in [0.1, 0.15) is 0 Å². The first-order chi connectivity index (χ1) is 30.4. The Morgan fingerprint density at radius 1 is 0.857 bits per heavy atom. The van der Waals surface area contributed by atoms with E-state index < -0.39 is 11.6 Å². The number of nitrogens with zero attached hydrogens (tertiary/aromatic N) is 2. The molecule has 3 N–H and O–H groups in total. The minimum Gasteiger partial charge on any atom is -0.481 e. The average molecular weight is 897 g/mol. The van der Waals surface area contributed by atoms with E-state index in [0.29, 0.717) is 5.02 Å². The molecule has 2 aliphatic carbocycles. The van der Waals surface area contributed by atoms with Gasteiger partial charge in [0.2, 0.25) is 0 Å². The number of fused-ring (bicyclic) bond motifs is 3. The minimum absolute atomic E-state index is 0.0814. The number of piperidine rings is 1. The van der Waals surface area contributed by atoms with Crippen molar-refractivity contribution in [3.05, 3.63) is 181 Å². The maximum absolute atomic E-state index is 11.5. The van der Waals surface area contributed by atoms with Gasteiger partial charge in [0.05, 0.1) is 28.9 Å². The Morgan fingerprint density at radius 2 is 1.62 bits per heavy atom. The maximum atomic E-state index is 11.5. The Bertz CT molecular complexity index is 2660. The summed E-state index contributed by atoms with van der Waals surface area (Å²) < 4.78 is 0. The van der Waals surface area contributed by atoms with Crippen LogP contribution in [0.25, 0.3) is 28.6 Å². The Morgan fingerprint density at radius 3 is 2.41 bits per heavy atom. The van der Waals surface area contributed by atoms with Crippen LogP contribution >= 0.6 is 35.0 Å². The number of carboxylic acid groups (broad SMARTS) is 1. The molecule has 1 aliphatic heterocycles. The van der Waals surface area contributed by atoms with Gasteiger partial charge in [-0.2, -0.15) is 11.8 Å². The molecule has 0 radical (unpaired) electrons. The molecule has 0 unspecified atom stereocenters. The highest BCUT2D eigenvalue weighted by atomic mass is 35.5. The summed E-state index contributed by atoms with van der Waals surface area (Å²) in [5, 5.41) is 26.4. The lowest BCUT2D eigenvalue weighted by Gasteiger charge is -2.24. The number of nitrogens with one attached hydrogen (secondary N) is 1. The van der Waals surface area contributed by atoms with E-state index in [1.807, 2.05) is 92.5 Å². The third-order valence-electron chi connectivity index (χ3n) is 12.5. The minimum atomic E-state index is -0.911. The SMILES string of the molecule is CC(C)(O)c1ccccc1CC[C@@H](SCC1(CC(=O)O)CC1)c1cccc(/C=C/c2ccc3ccc(Cl)cc3n2)c1.Clc1ccc2c(c1)CCc1cccnc1C2=C1CCNCC1. The van der Waals surface area contributed by atoms with E-state index in [4.69, 9.17) is 33.2 Å². The highest BCUT2D eigenvalue weighted by Gasteiger charge is 2.44. The predicted octanol–water partition coefficient (Wildman–Crippen LogP) is 13.0. The number of aliphatic hydroxyl groups is 1. The van der Waals surface area contributed by atoms with E-state index >= 15 is 0 Å². The van der Waals surface area contributed by atoms with Gasteiger partial charge >= 0.3 is 5.97 Å². The molecule has 6 aromatic rings. The molecular formula is C54H55Cl2N3O3S. The molecule has 3 heterocycles. The predicted molar refractivity (Wildman–Crippen MR) is 262 cm³/mol. The normalized spacial score (nSPS) is 16.1. The Hall–Kier alpha value is -4.76. The molecule has 0 spiro atoms.